The van der Waals surface area contributed by atoms with Crippen LogP contribution in [-0.4, -0.2) is 41.2 Å². The van der Waals surface area contributed by atoms with Gasteiger partial charge >= 0.3 is 6.09 Å². The van der Waals surface area contributed by atoms with Crippen molar-refractivity contribution >= 4 is 11.9 Å². The molecule has 0 N–H and O–H groups in total. The van der Waals surface area contributed by atoms with Crippen LogP contribution >= 0.6 is 0 Å². The van der Waals surface area contributed by atoms with Gasteiger partial charge in [0, 0.05) is 18.8 Å². The summed E-state index contributed by atoms with van der Waals surface area (Å²) in [5, 5.41) is 0. The Kier molecular flexibility index (Phi) is 7.66. The van der Waals surface area contributed by atoms with Crippen molar-refractivity contribution in [1.29, 1.82) is 0 Å². The van der Waals surface area contributed by atoms with E-state index in [0.29, 0.717) is 24.3 Å². The lowest BCUT2D eigenvalue weighted by molar-refractivity contribution is 0.0575. The number of piperidine rings is 1. The molecule has 1 aromatic heterocycles. The number of anilines is 1. The fraction of sp³-hybridized carbons (Fsp3) is 0.727. The zero-order chi connectivity index (χ0) is 20.0. The Bertz CT molecular complexity index is 591. The van der Waals surface area contributed by atoms with Gasteiger partial charge in [-0.25, -0.2) is 9.78 Å². The Morgan fingerprint density at radius 1 is 1.33 bits per heavy atom. The van der Waals surface area contributed by atoms with Gasteiger partial charge in [-0.1, -0.05) is 33.3 Å². The van der Waals surface area contributed by atoms with E-state index in [-0.39, 0.29) is 6.09 Å². The number of aromatic nitrogens is 1. The molecule has 1 saturated heterocycles. The largest absolute Gasteiger partial charge is 0.443 e. The molecule has 152 valence electrons. The number of carbonyl (C=O) groups excluding carboxylic acids is 1. The third-order valence-corrected chi connectivity index (χ3v) is 4.72. The highest BCUT2D eigenvalue weighted by Gasteiger charge is 2.26. The van der Waals surface area contributed by atoms with Gasteiger partial charge in [-0.15, -0.1) is 0 Å². The summed E-state index contributed by atoms with van der Waals surface area (Å²) in [6.07, 6.45) is 6.52. The molecule has 1 fully saturated rings. The van der Waals surface area contributed by atoms with Gasteiger partial charge < -0.3 is 4.74 Å². The molecule has 1 atom stereocenters. The molecule has 27 heavy (non-hydrogen) atoms. The van der Waals surface area contributed by atoms with Crippen LogP contribution in [0.2, 0.25) is 0 Å². The lowest BCUT2D eigenvalue weighted by atomic mass is 9.96. The number of hydrogen-bond acceptors (Lipinski definition) is 4. The predicted octanol–water partition coefficient (Wildman–Crippen LogP) is 5.42. The van der Waals surface area contributed by atoms with Crippen molar-refractivity contribution in [2.45, 2.75) is 78.9 Å². The number of nitrogens with zero attached hydrogens (tertiary/aromatic N) is 3. The fourth-order valence-electron chi connectivity index (χ4n) is 3.62. The van der Waals surface area contributed by atoms with Crippen LogP contribution in [0.25, 0.3) is 0 Å². The zero-order valence-electron chi connectivity index (χ0n) is 18.0. The van der Waals surface area contributed by atoms with Crippen LogP contribution in [0, 0.1) is 5.92 Å². The van der Waals surface area contributed by atoms with Gasteiger partial charge in [-0.3, -0.25) is 9.80 Å². The average molecular weight is 376 g/mol. The molecule has 0 spiro atoms. The number of amides is 1. The maximum atomic E-state index is 12.7. The SMILES string of the molecule is CCCN1CCCC[C@@H]1c1ccc(N(CC(C)C)C(=O)OC(C)(C)C)nc1. The van der Waals surface area contributed by atoms with Crippen molar-refractivity contribution in [3.05, 3.63) is 23.9 Å². The van der Waals surface area contributed by atoms with E-state index in [2.05, 4.69) is 36.7 Å². The molecule has 1 aliphatic heterocycles. The summed E-state index contributed by atoms with van der Waals surface area (Å²) >= 11 is 0. The van der Waals surface area contributed by atoms with Crippen molar-refractivity contribution in [2.75, 3.05) is 24.5 Å². The zero-order valence-corrected chi connectivity index (χ0v) is 18.0. The average Bonchev–Trinajstić information content (AvgIpc) is 2.59. The lowest BCUT2D eigenvalue weighted by Gasteiger charge is -2.36. The molecule has 0 saturated carbocycles. The first-order chi connectivity index (χ1) is 12.7. The molecule has 0 radical (unpaired) electrons. The number of ether oxygens (including phenoxy) is 1. The number of carbonyl (C=O) groups is 1. The minimum absolute atomic E-state index is 0.331. The number of rotatable bonds is 6. The molecule has 1 aliphatic rings. The topological polar surface area (TPSA) is 45.7 Å². The van der Waals surface area contributed by atoms with Gasteiger partial charge in [0.05, 0.1) is 0 Å². The maximum Gasteiger partial charge on any atom is 0.416 e. The molecule has 0 aliphatic carbocycles. The van der Waals surface area contributed by atoms with Gasteiger partial charge in [-0.2, -0.15) is 0 Å². The second kappa shape index (κ2) is 9.54. The summed E-state index contributed by atoms with van der Waals surface area (Å²) in [6.45, 7) is 15.0. The van der Waals surface area contributed by atoms with Crippen LogP contribution in [0.5, 0.6) is 0 Å². The summed E-state index contributed by atoms with van der Waals surface area (Å²) in [7, 11) is 0. The highest BCUT2D eigenvalue weighted by molar-refractivity contribution is 5.86. The lowest BCUT2D eigenvalue weighted by Crippen LogP contribution is -2.39. The van der Waals surface area contributed by atoms with Gasteiger partial charge in [0.2, 0.25) is 0 Å². The van der Waals surface area contributed by atoms with Gasteiger partial charge in [-0.05, 0) is 70.7 Å². The molecule has 2 rings (SSSR count). The van der Waals surface area contributed by atoms with E-state index >= 15 is 0 Å². The van der Waals surface area contributed by atoms with Crippen LogP contribution in [0.4, 0.5) is 10.6 Å². The van der Waals surface area contributed by atoms with Crippen LogP contribution in [-0.2, 0) is 4.74 Å². The van der Waals surface area contributed by atoms with E-state index in [1.807, 2.05) is 33.0 Å². The van der Waals surface area contributed by atoms with E-state index in [0.717, 1.165) is 13.1 Å². The van der Waals surface area contributed by atoms with E-state index in [1.165, 1.54) is 31.2 Å². The number of likely N-dealkylation sites (tertiary alicyclic amines) is 1. The quantitative estimate of drug-likeness (QED) is 0.666. The van der Waals surface area contributed by atoms with Crippen molar-refractivity contribution in [3.63, 3.8) is 0 Å². The predicted molar refractivity (Wildman–Crippen MR) is 111 cm³/mol. The minimum atomic E-state index is -0.519. The number of hydrogen-bond donors (Lipinski definition) is 0. The molecule has 5 heteroatoms. The van der Waals surface area contributed by atoms with E-state index in [1.54, 1.807) is 4.90 Å². The number of pyridine rings is 1. The Labute approximate surface area is 165 Å². The van der Waals surface area contributed by atoms with Crippen LogP contribution in [0.15, 0.2) is 18.3 Å². The van der Waals surface area contributed by atoms with Crippen LogP contribution < -0.4 is 4.90 Å². The Morgan fingerprint density at radius 3 is 2.63 bits per heavy atom. The first kappa shape index (κ1) is 21.7. The normalized spacial score (nSPS) is 18.6. The van der Waals surface area contributed by atoms with Gasteiger partial charge in [0.1, 0.15) is 11.4 Å². The fourth-order valence-corrected chi connectivity index (χ4v) is 3.62. The first-order valence-corrected chi connectivity index (χ1v) is 10.4. The molecule has 0 bridgehead atoms. The van der Waals surface area contributed by atoms with Crippen molar-refractivity contribution < 1.29 is 9.53 Å². The summed E-state index contributed by atoms with van der Waals surface area (Å²) < 4.78 is 5.59. The molecule has 2 heterocycles. The highest BCUT2D eigenvalue weighted by Crippen LogP contribution is 2.31. The van der Waals surface area contributed by atoms with E-state index in [9.17, 15) is 4.79 Å². The van der Waals surface area contributed by atoms with Gasteiger partial charge in [0.25, 0.3) is 0 Å². The molecular weight excluding hydrogens is 338 g/mol. The highest BCUT2D eigenvalue weighted by atomic mass is 16.6. The summed E-state index contributed by atoms with van der Waals surface area (Å²) in [4.78, 5) is 21.6. The van der Waals surface area contributed by atoms with Crippen LogP contribution in [0.3, 0.4) is 0 Å². The molecule has 0 aromatic carbocycles. The summed E-state index contributed by atoms with van der Waals surface area (Å²) in [5.41, 5.74) is 0.732. The standard InChI is InChI=1S/C22H37N3O2/c1-7-13-24-14-9-8-10-19(24)18-11-12-20(23-15-18)25(16-17(2)3)21(26)27-22(4,5)6/h11-12,15,17,19H,7-10,13-14,16H2,1-6H3/t19-/m1/s1. The van der Waals surface area contributed by atoms with Crippen molar-refractivity contribution in [2.24, 2.45) is 5.92 Å². The summed E-state index contributed by atoms with van der Waals surface area (Å²) in [5.74, 6) is 0.997. The molecular formula is C22H37N3O2. The van der Waals surface area contributed by atoms with Crippen molar-refractivity contribution in [1.82, 2.24) is 9.88 Å². The molecule has 1 aromatic rings. The molecule has 1 amide bonds. The second-order valence-corrected chi connectivity index (χ2v) is 8.98. The third kappa shape index (κ3) is 6.49. The van der Waals surface area contributed by atoms with E-state index in [4.69, 9.17) is 4.74 Å². The first-order valence-electron chi connectivity index (χ1n) is 10.4. The van der Waals surface area contributed by atoms with Gasteiger partial charge in [0.15, 0.2) is 0 Å². The molecule has 5 nitrogen and oxygen atoms in total. The Hall–Kier alpha value is -1.62. The van der Waals surface area contributed by atoms with Crippen LogP contribution in [0.1, 0.15) is 78.8 Å². The molecule has 0 unspecified atom stereocenters. The third-order valence-electron chi connectivity index (χ3n) is 4.72. The Balaban J connectivity index is 2.19. The second-order valence-electron chi connectivity index (χ2n) is 8.98. The maximum absolute atomic E-state index is 12.7. The van der Waals surface area contributed by atoms with Crippen molar-refractivity contribution in [3.8, 4) is 0 Å². The summed E-state index contributed by atoms with van der Waals surface area (Å²) in [6, 6.07) is 4.55. The smallest absolute Gasteiger partial charge is 0.416 e. The Morgan fingerprint density at radius 2 is 2.07 bits per heavy atom. The minimum Gasteiger partial charge on any atom is -0.443 e. The van der Waals surface area contributed by atoms with E-state index < -0.39 is 5.60 Å². The monoisotopic (exact) mass is 375 g/mol.